The summed E-state index contributed by atoms with van der Waals surface area (Å²) >= 11 is 0. The lowest BCUT2D eigenvalue weighted by atomic mass is 9.96. The monoisotopic (exact) mass is 317 g/mol. The SMILES string of the molecule is CCc1noc(C(C)N2CCCC(c3noc(C4CC4)n3)C2)n1. The molecule has 0 amide bonds. The average Bonchev–Trinajstić information content (AvgIpc) is 3.14. The van der Waals surface area contributed by atoms with Crippen LogP contribution in [0.1, 0.15) is 80.8 Å². The van der Waals surface area contributed by atoms with Crippen LogP contribution in [0.5, 0.6) is 0 Å². The Morgan fingerprint density at radius 1 is 1.13 bits per heavy atom. The lowest BCUT2D eigenvalue weighted by molar-refractivity contribution is 0.130. The van der Waals surface area contributed by atoms with E-state index in [1.165, 1.54) is 12.8 Å². The summed E-state index contributed by atoms with van der Waals surface area (Å²) in [5.41, 5.74) is 0. The third-order valence-corrected chi connectivity index (χ3v) is 4.91. The first-order chi connectivity index (χ1) is 11.2. The van der Waals surface area contributed by atoms with E-state index in [4.69, 9.17) is 9.05 Å². The van der Waals surface area contributed by atoms with Gasteiger partial charge in [0.2, 0.25) is 11.8 Å². The lowest BCUT2D eigenvalue weighted by Gasteiger charge is -2.34. The fourth-order valence-electron chi connectivity index (χ4n) is 3.22. The molecule has 0 radical (unpaired) electrons. The molecule has 2 unspecified atom stereocenters. The highest BCUT2D eigenvalue weighted by atomic mass is 16.5. The molecule has 7 nitrogen and oxygen atoms in total. The number of aryl methyl sites for hydroxylation is 1. The molecule has 2 atom stereocenters. The minimum atomic E-state index is 0.125. The van der Waals surface area contributed by atoms with Crippen molar-refractivity contribution in [3.63, 3.8) is 0 Å². The molecule has 23 heavy (non-hydrogen) atoms. The highest BCUT2D eigenvalue weighted by molar-refractivity contribution is 5.06. The van der Waals surface area contributed by atoms with Crippen molar-refractivity contribution >= 4 is 0 Å². The van der Waals surface area contributed by atoms with Gasteiger partial charge in [0.25, 0.3) is 0 Å². The molecule has 1 aliphatic carbocycles. The zero-order valence-corrected chi connectivity index (χ0v) is 13.7. The zero-order chi connectivity index (χ0) is 15.8. The maximum Gasteiger partial charge on any atom is 0.243 e. The van der Waals surface area contributed by atoms with Crippen molar-refractivity contribution < 1.29 is 9.05 Å². The molecule has 1 saturated heterocycles. The molecule has 1 saturated carbocycles. The normalized spacial score (nSPS) is 24.0. The van der Waals surface area contributed by atoms with E-state index in [1.807, 2.05) is 6.92 Å². The van der Waals surface area contributed by atoms with Crippen molar-refractivity contribution in [2.45, 2.75) is 63.8 Å². The Morgan fingerprint density at radius 2 is 2.00 bits per heavy atom. The van der Waals surface area contributed by atoms with Crippen LogP contribution in [0.25, 0.3) is 0 Å². The van der Waals surface area contributed by atoms with E-state index >= 15 is 0 Å². The van der Waals surface area contributed by atoms with Crippen molar-refractivity contribution in [3.8, 4) is 0 Å². The zero-order valence-electron chi connectivity index (χ0n) is 13.7. The van der Waals surface area contributed by atoms with Gasteiger partial charge in [-0.25, -0.2) is 0 Å². The number of nitrogens with zero attached hydrogens (tertiary/aromatic N) is 5. The number of aromatic nitrogens is 4. The van der Waals surface area contributed by atoms with Crippen molar-refractivity contribution in [3.05, 3.63) is 23.4 Å². The van der Waals surface area contributed by atoms with Crippen LogP contribution in [0.3, 0.4) is 0 Å². The standard InChI is InChI=1S/C16H23N5O2/c1-3-13-17-15(22-19-13)10(2)21-8-4-5-12(9-21)14-18-16(23-20-14)11-6-7-11/h10-12H,3-9H2,1-2H3. The van der Waals surface area contributed by atoms with E-state index in [9.17, 15) is 0 Å². The summed E-state index contributed by atoms with van der Waals surface area (Å²) in [7, 11) is 0. The van der Waals surface area contributed by atoms with Gasteiger partial charge in [-0.3, -0.25) is 4.90 Å². The third-order valence-electron chi connectivity index (χ3n) is 4.91. The average molecular weight is 317 g/mol. The van der Waals surface area contributed by atoms with E-state index in [0.29, 0.717) is 17.7 Å². The third kappa shape index (κ3) is 3.02. The van der Waals surface area contributed by atoms with E-state index < -0.39 is 0 Å². The predicted octanol–water partition coefficient (Wildman–Crippen LogP) is 2.83. The van der Waals surface area contributed by atoms with Crippen molar-refractivity contribution in [1.82, 2.24) is 25.2 Å². The van der Waals surface area contributed by atoms with Crippen molar-refractivity contribution in [1.29, 1.82) is 0 Å². The summed E-state index contributed by atoms with van der Waals surface area (Å²) in [6, 6.07) is 0.125. The van der Waals surface area contributed by atoms with Gasteiger partial charge in [-0.15, -0.1) is 0 Å². The van der Waals surface area contributed by atoms with Crippen LogP contribution in [-0.4, -0.2) is 38.3 Å². The molecule has 2 fully saturated rings. The van der Waals surface area contributed by atoms with Gasteiger partial charge in [-0.2, -0.15) is 9.97 Å². The molecular formula is C16H23N5O2. The highest BCUT2D eigenvalue weighted by Crippen LogP contribution is 2.40. The maximum atomic E-state index is 5.42. The fraction of sp³-hybridized carbons (Fsp3) is 0.750. The van der Waals surface area contributed by atoms with E-state index in [-0.39, 0.29) is 6.04 Å². The first kappa shape index (κ1) is 14.8. The van der Waals surface area contributed by atoms with Crippen molar-refractivity contribution in [2.24, 2.45) is 0 Å². The molecule has 0 aromatic carbocycles. The summed E-state index contributed by atoms with van der Waals surface area (Å²) in [5.74, 6) is 4.01. The van der Waals surface area contributed by atoms with Crippen LogP contribution in [0, 0.1) is 0 Å². The van der Waals surface area contributed by atoms with Crippen LogP contribution in [0.2, 0.25) is 0 Å². The molecular weight excluding hydrogens is 294 g/mol. The van der Waals surface area contributed by atoms with Gasteiger partial charge in [0, 0.05) is 24.8 Å². The first-order valence-corrected chi connectivity index (χ1v) is 8.64. The molecule has 1 aliphatic heterocycles. The molecule has 0 N–H and O–H groups in total. The number of hydrogen-bond donors (Lipinski definition) is 0. The second-order valence-corrected chi connectivity index (χ2v) is 6.68. The first-order valence-electron chi connectivity index (χ1n) is 8.64. The maximum absolute atomic E-state index is 5.42. The quantitative estimate of drug-likeness (QED) is 0.838. The van der Waals surface area contributed by atoms with Gasteiger partial charge in [0.15, 0.2) is 11.6 Å². The van der Waals surface area contributed by atoms with Crippen LogP contribution in [0.4, 0.5) is 0 Å². The summed E-state index contributed by atoms with van der Waals surface area (Å²) in [4.78, 5) is 11.5. The van der Waals surface area contributed by atoms with Gasteiger partial charge in [-0.05, 0) is 39.2 Å². The number of hydrogen-bond acceptors (Lipinski definition) is 7. The Morgan fingerprint density at radius 3 is 2.74 bits per heavy atom. The number of likely N-dealkylation sites (tertiary alicyclic amines) is 1. The van der Waals surface area contributed by atoms with Gasteiger partial charge in [0.1, 0.15) is 0 Å². The topological polar surface area (TPSA) is 81.1 Å². The lowest BCUT2D eigenvalue weighted by Crippen LogP contribution is -2.36. The van der Waals surface area contributed by atoms with Crippen LogP contribution in [-0.2, 0) is 6.42 Å². The molecule has 2 aromatic heterocycles. The molecule has 3 heterocycles. The highest BCUT2D eigenvalue weighted by Gasteiger charge is 2.33. The minimum absolute atomic E-state index is 0.125. The van der Waals surface area contributed by atoms with E-state index in [1.54, 1.807) is 0 Å². The van der Waals surface area contributed by atoms with Crippen LogP contribution < -0.4 is 0 Å². The van der Waals surface area contributed by atoms with Gasteiger partial charge < -0.3 is 9.05 Å². The Balaban J connectivity index is 1.45. The molecule has 0 spiro atoms. The van der Waals surface area contributed by atoms with E-state index in [0.717, 1.165) is 49.9 Å². The number of rotatable bonds is 5. The second-order valence-electron chi connectivity index (χ2n) is 6.68. The second kappa shape index (κ2) is 6.03. The minimum Gasteiger partial charge on any atom is -0.339 e. The molecule has 2 aliphatic rings. The smallest absolute Gasteiger partial charge is 0.243 e. The van der Waals surface area contributed by atoms with Gasteiger partial charge >= 0.3 is 0 Å². The van der Waals surface area contributed by atoms with E-state index in [2.05, 4.69) is 32.1 Å². The summed E-state index contributed by atoms with van der Waals surface area (Å²) in [5, 5.41) is 8.23. The summed E-state index contributed by atoms with van der Waals surface area (Å²) in [6.07, 6.45) is 5.40. The Bertz CT molecular complexity index is 663. The molecule has 7 heteroatoms. The molecule has 124 valence electrons. The Hall–Kier alpha value is -1.76. The Labute approximate surface area is 135 Å². The number of piperidine rings is 1. The largest absolute Gasteiger partial charge is 0.339 e. The summed E-state index contributed by atoms with van der Waals surface area (Å²) in [6.45, 7) is 6.11. The van der Waals surface area contributed by atoms with Crippen LogP contribution >= 0.6 is 0 Å². The predicted molar refractivity (Wildman–Crippen MR) is 81.9 cm³/mol. The molecule has 4 rings (SSSR count). The van der Waals surface area contributed by atoms with Crippen molar-refractivity contribution in [2.75, 3.05) is 13.1 Å². The fourth-order valence-corrected chi connectivity index (χ4v) is 3.22. The van der Waals surface area contributed by atoms with Gasteiger partial charge in [0.05, 0.1) is 6.04 Å². The molecule has 2 aromatic rings. The Kier molecular flexibility index (Phi) is 3.88. The molecule has 0 bridgehead atoms. The van der Waals surface area contributed by atoms with Crippen LogP contribution in [0.15, 0.2) is 9.05 Å². The van der Waals surface area contributed by atoms with Gasteiger partial charge in [-0.1, -0.05) is 17.2 Å². The summed E-state index contributed by atoms with van der Waals surface area (Å²) < 4.78 is 10.8.